The van der Waals surface area contributed by atoms with Gasteiger partial charge in [0.2, 0.25) is 5.95 Å². The van der Waals surface area contributed by atoms with Crippen LogP contribution in [0.3, 0.4) is 0 Å². The average molecular weight is 623 g/mol. The SMILES string of the molecule is C/C=C\C(=C/C(=N)C(=O)O)C(=O)N1CCC(NCc2nc(Nc3cc(C(C)(F)F)cc(C(F)(F)F)c3)ncc2CC)C[C@H]1C. The minimum absolute atomic E-state index is 0.0191. The van der Waals surface area contributed by atoms with Crippen molar-refractivity contribution < 1.29 is 36.6 Å². The zero-order chi connectivity index (χ0) is 32.8. The molecule has 0 spiro atoms. The van der Waals surface area contributed by atoms with Gasteiger partial charge in [0, 0.05) is 55.1 Å². The summed E-state index contributed by atoms with van der Waals surface area (Å²) in [4.78, 5) is 34.5. The average Bonchev–Trinajstić information content (AvgIpc) is 2.94. The molecule has 1 saturated heterocycles. The van der Waals surface area contributed by atoms with Crippen molar-refractivity contribution in [2.45, 2.75) is 77.7 Å². The Morgan fingerprint density at radius 2 is 1.86 bits per heavy atom. The van der Waals surface area contributed by atoms with Crippen LogP contribution in [0.1, 0.15) is 62.9 Å². The summed E-state index contributed by atoms with van der Waals surface area (Å²) in [6.07, 6.45) is 2.51. The van der Waals surface area contributed by atoms with Crippen LogP contribution in [0, 0.1) is 5.41 Å². The number of hydrogen-bond donors (Lipinski definition) is 4. The minimum Gasteiger partial charge on any atom is -0.477 e. The summed E-state index contributed by atoms with van der Waals surface area (Å²) in [6.45, 7) is 6.63. The van der Waals surface area contributed by atoms with E-state index < -0.39 is 34.9 Å². The van der Waals surface area contributed by atoms with Gasteiger partial charge in [0.05, 0.1) is 11.3 Å². The molecule has 0 aliphatic carbocycles. The van der Waals surface area contributed by atoms with Gasteiger partial charge < -0.3 is 20.6 Å². The molecule has 3 rings (SSSR count). The van der Waals surface area contributed by atoms with Crippen LogP contribution in [0.15, 0.2) is 48.2 Å². The molecule has 4 N–H and O–H groups in total. The molecular weight excluding hydrogens is 587 g/mol. The Hall–Kier alpha value is -4.20. The van der Waals surface area contributed by atoms with Gasteiger partial charge >= 0.3 is 12.1 Å². The molecule has 1 aromatic carbocycles. The topological polar surface area (TPSA) is 131 Å². The van der Waals surface area contributed by atoms with Crippen LogP contribution in [0.25, 0.3) is 0 Å². The van der Waals surface area contributed by atoms with Crippen molar-refractivity contribution in [1.29, 1.82) is 5.41 Å². The molecule has 0 bridgehead atoms. The first-order valence-corrected chi connectivity index (χ1v) is 14.0. The second kappa shape index (κ2) is 14.1. The fourth-order valence-corrected chi connectivity index (χ4v) is 4.84. The van der Waals surface area contributed by atoms with Gasteiger partial charge in [-0.2, -0.15) is 13.2 Å². The van der Waals surface area contributed by atoms with Crippen LogP contribution in [0.4, 0.5) is 33.6 Å². The zero-order valence-electron chi connectivity index (χ0n) is 24.7. The largest absolute Gasteiger partial charge is 0.477 e. The van der Waals surface area contributed by atoms with E-state index in [1.165, 1.54) is 12.3 Å². The number of aromatic nitrogens is 2. The summed E-state index contributed by atoms with van der Waals surface area (Å²) in [7, 11) is 0. The third kappa shape index (κ3) is 8.91. The number of carbonyl (C=O) groups excluding carboxylic acids is 1. The molecule has 9 nitrogen and oxygen atoms in total. The molecule has 238 valence electrons. The third-order valence-corrected chi connectivity index (χ3v) is 7.18. The highest BCUT2D eigenvalue weighted by Crippen LogP contribution is 2.37. The maximum absolute atomic E-state index is 13.9. The van der Waals surface area contributed by atoms with Gasteiger partial charge in [0.1, 0.15) is 5.71 Å². The first-order chi connectivity index (χ1) is 20.5. The highest BCUT2D eigenvalue weighted by atomic mass is 19.4. The number of hydrogen-bond acceptors (Lipinski definition) is 7. The van der Waals surface area contributed by atoms with E-state index in [0.717, 1.165) is 23.8 Å². The Labute approximate surface area is 251 Å². The molecule has 2 heterocycles. The number of carboxylic acid groups (broad SMARTS) is 1. The summed E-state index contributed by atoms with van der Waals surface area (Å²) >= 11 is 0. The molecule has 1 unspecified atom stereocenters. The quantitative estimate of drug-likeness (QED) is 0.105. The lowest BCUT2D eigenvalue weighted by atomic mass is 9.96. The van der Waals surface area contributed by atoms with Crippen LogP contribution in [0.5, 0.6) is 0 Å². The summed E-state index contributed by atoms with van der Waals surface area (Å²) in [5, 5.41) is 22.7. The Bertz CT molecular complexity index is 1420. The highest BCUT2D eigenvalue weighted by molar-refractivity contribution is 6.39. The number of nitrogens with zero attached hydrogens (tertiary/aromatic N) is 3. The number of piperidine rings is 1. The third-order valence-electron chi connectivity index (χ3n) is 7.18. The second-order valence-electron chi connectivity index (χ2n) is 10.6. The number of carbonyl (C=O) groups is 2. The zero-order valence-corrected chi connectivity index (χ0v) is 24.7. The number of benzene rings is 1. The molecule has 2 aromatic rings. The van der Waals surface area contributed by atoms with Crippen LogP contribution >= 0.6 is 0 Å². The number of allylic oxidation sites excluding steroid dienone is 1. The number of aryl methyl sites for hydroxylation is 1. The smallest absolute Gasteiger partial charge is 0.416 e. The number of nitrogens with one attached hydrogen (secondary N) is 3. The predicted molar refractivity (Wildman–Crippen MR) is 155 cm³/mol. The van der Waals surface area contributed by atoms with Gasteiger partial charge in [0.15, 0.2) is 0 Å². The first-order valence-electron chi connectivity index (χ1n) is 14.0. The number of likely N-dealkylation sites (tertiary alicyclic amines) is 1. The molecule has 1 aliphatic rings. The number of carboxylic acids is 1. The molecule has 0 saturated carbocycles. The molecule has 44 heavy (non-hydrogen) atoms. The Balaban J connectivity index is 1.73. The fraction of sp³-hybridized carbons (Fsp3) is 0.433. The number of anilines is 2. The normalized spacial score (nSPS) is 18.0. The van der Waals surface area contributed by atoms with E-state index in [4.69, 9.17) is 10.5 Å². The lowest BCUT2D eigenvalue weighted by molar-refractivity contribution is -0.137. The van der Waals surface area contributed by atoms with Crippen molar-refractivity contribution in [1.82, 2.24) is 20.2 Å². The Morgan fingerprint density at radius 1 is 1.18 bits per heavy atom. The van der Waals surface area contributed by atoms with Crippen molar-refractivity contribution in [3.63, 3.8) is 0 Å². The maximum atomic E-state index is 13.9. The van der Waals surface area contributed by atoms with Gasteiger partial charge in [-0.05, 0) is 62.9 Å². The van der Waals surface area contributed by atoms with E-state index in [2.05, 4.69) is 20.6 Å². The second-order valence-corrected chi connectivity index (χ2v) is 10.6. The van der Waals surface area contributed by atoms with Gasteiger partial charge in [-0.15, -0.1) is 0 Å². The number of aliphatic carboxylic acids is 1. The molecule has 1 fully saturated rings. The summed E-state index contributed by atoms with van der Waals surface area (Å²) in [5.74, 6) is -5.36. The Morgan fingerprint density at radius 3 is 2.43 bits per heavy atom. The van der Waals surface area contributed by atoms with Gasteiger partial charge in [-0.25, -0.2) is 23.5 Å². The fourth-order valence-electron chi connectivity index (χ4n) is 4.84. The van der Waals surface area contributed by atoms with Crippen LogP contribution in [-0.4, -0.2) is 56.2 Å². The maximum Gasteiger partial charge on any atom is 0.416 e. The molecule has 1 amide bonds. The lowest BCUT2D eigenvalue weighted by Gasteiger charge is -2.38. The number of amides is 1. The summed E-state index contributed by atoms with van der Waals surface area (Å²) < 4.78 is 68.1. The van der Waals surface area contributed by atoms with E-state index in [-0.39, 0.29) is 41.7 Å². The van der Waals surface area contributed by atoms with Crippen LogP contribution in [0.2, 0.25) is 0 Å². The van der Waals surface area contributed by atoms with Crippen LogP contribution < -0.4 is 10.6 Å². The summed E-state index contributed by atoms with van der Waals surface area (Å²) in [6, 6.07) is 1.85. The molecule has 2 atom stereocenters. The van der Waals surface area contributed by atoms with E-state index in [9.17, 15) is 31.5 Å². The molecule has 1 aromatic heterocycles. The highest BCUT2D eigenvalue weighted by Gasteiger charge is 2.35. The lowest BCUT2D eigenvalue weighted by Crippen LogP contribution is -2.50. The van der Waals surface area contributed by atoms with E-state index >= 15 is 0 Å². The van der Waals surface area contributed by atoms with E-state index in [0.29, 0.717) is 44.5 Å². The predicted octanol–water partition coefficient (Wildman–Crippen LogP) is 5.99. The molecular formula is C30H35F5N6O3. The van der Waals surface area contributed by atoms with Crippen LogP contribution in [-0.2, 0) is 34.7 Å². The van der Waals surface area contributed by atoms with Crippen molar-refractivity contribution >= 4 is 29.2 Å². The number of rotatable bonds is 11. The first kappa shape index (κ1) is 34.3. The number of halogens is 5. The standard InChI is InChI=1S/C30H35F5N6O3/c1-5-7-19(11-24(36)27(43)44)26(42)41-9-8-22(10-17(41)3)37-16-25-18(6-2)15-38-28(40-25)39-23-13-20(29(4,31)32)12-21(14-23)30(33,34)35/h5,7,11-15,17,22,36-37H,6,8-10,16H2,1-4H3,(H,43,44)(H,38,39,40)/b7-5-,19-11+,36-24?/t17-,22?/m1/s1. The van der Waals surface area contributed by atoms with Gasteiger partial charge in [-0.1, -0.05) is 19.1 Å². The molecule has 0 radical (unpaired) electrons. The molecule has 1 aliphatic heterocycles. The van der Waals surface area contributed by atoms with Crippen molar-refractivity contribution in [3.8, 4) is 0 Å². The van der Waals surface area contributed by atoms with Gasteiger partial charge in [0.25, 0.3) is 11.8 Å². The van der Waals surface area contributed by atoms with E-state index in [1.54, 1.807) is 17.9 Å². The van der Waals surface area contributed by atoms with Gasteiger partial charge in [-0.3, -0.25) is 10.2 Å². The Kier molecular flexibility index (Phi) is 11.0. The van der Waals surface area contributed by atoms with Crippen molar-refractivity contribution in [3.05, 3.63) is 70.6 Å². The monoisotopic (exact) mass is 622 g/mol. The minimum atomic E-state index is -4.83. The van der Waals surface area contributed by atoms with Crippen molar-refractivity contribution in [2.75, 3.05) is 11.9 Å². The van der Waals surface area contributed by atoms with Crippen molar-refractivity contribution in [2.24, 2.45) is 0 Å². The van der Waals surface area contributed by atoms with E-state index in [1.807, 2.05) is 13.8 Å². The number of alkyl halides is 5. The summed E-state index contributed by atoms with van der Waals surface area (Å²) in [5.41, 5.74) is -1.48. The molecule has 14 heteroatoms.